The highest BCUT2D eigenvalue weighted by Gasteiger charge is 2.23. The summed E-state index contributed by atoms with van der Waals surface area (Å²) >= 11 is 1.66. The third kappa shape index (κ3) is 4.27. The summed E-state index contributed by atoms with van der Waals surface area (Å²) < 4.78 is 5.29. The third-order valence-corrected chi connectivity index (χ3v) is 5.90. The molecule has 1 aliphatic carbocycles. The van der Waals surface area contributed by atoms with Gasteiger partial charge in [-0.15, -0.1) is 11.8 Å². The van der Waals surface area contributed by atoms with E-state index in [1.54, 1.807) is 11.8 Å². The number of esters is 1. The molecule has 0 aromatic heterocycles. The fourth-order valence-electron chi connectivity index (χ4n) is 3.40. The lowest BCUT2D eigenvalue weighted by molar-refractivity contribution is -0.142. The van der Waals surface area contributed by atoms with Gasteiger partial charge in [0.15, 0.2) is 0 Å². The zero-order chi connectivity index (χ0) is 17.6. The number of unbranched alkanes of at least 4 members (excludes halogenated alkanes) is 2. The minimum Gasteiger partial charge on any atom is -0.465 e. The van der Waals surface area contributed by atoms with Gasteiger partial charge in [0.05, 0.1) is 6.61 Å². The van der Waals surface area contributed by atoms with E-state index in [1.165, 1.54) is 27.1 Å². The Balaban J connectivity index is 1.74. The Hall–Kier alpha value is -1.74. The zero-order valence-electron chi connectivity index (χ0n) is 15.1. The van der Waals surface area contributed by atoms with Crippen molar-refractivity contribution in [3.8, 4) is 11.1 Å². The van der Waals surface area contributed by atoms with Crippen LogP contribution in [0.1, 0.15) is 50.7 Å². The van der Waals surface area contributed by atoms with Crippen molar-refractivity contribution in [2.75, 3.05) is 6.61 Å². The van der Waals surface area contributed by atoms with Crippen molar-refractivity contribution in [3.05, 3.63) is 53.6 Å². The molecule has 0 heterocycles. The third-order valence-electron chi connectivity index (χ3n) is 4.66. The van der Waals surface area contributed by atoms with E-state index in [0.717, 1.165) is 32.1 Å². The van der Waals surface area contributed by atoms with Gasteiger partial charge in [-0.05, 0) is 54.2 Å². The lowest BCUT2D eigenvalue weighted by Crippen LogP contribution is -2.20. The predicted octanol–water partition coefficient (Wildman–Crippen LogP) is 5.86. The van der Waals surface area contributed by atoms with Gasteiger partial charge in [-0.1, -0.05) is 56.5 Å². The first-order valence-corrected chi connectivity index (χ1v) is 10.2. The molecule has 0 radical (unpaired) electrons. The highest BCUT2D eigenvalue weighted by molar-refractivity contribution is 8.00. The molecular formula is C22H26O2S. The highest BCUT2D eigenvalue weighted by atomic mass is 32.2. The monoisotopic (exact) mass is 354 g/mol. The van der Waals surface area contributed by atoms with Gasteiger partial charge in [-0.25, -0.2) is 0 Å². The molecule has 0 N–H and O–H groups in total. The number of benzene rings is 2. The first kappa shape index (κ1) is 18.1. The summed E-state index contributed by atoms with van der Waals surface area (Å²) in [6, 6.07) is 15.2. The summed E-state index contributed by atoms with van der Waals surface area (Å²) in [5, 5.41) is -0.103. The number of hydrogen-bond acceptors (Lipinski definition) is 3. The molecule has 0 aliphatic heterocycles. The Labute approximate surface area is 155 Å². The van der Waals surface area contributed by atoms with Crippen molar-refractivity contribution in [1.29, 1.82) is 0 Å². The van der Waals surface area contributed by atoms with Crippen LogP contribution in [-0.2, 0) is 16.0 Å². The van der Waals surface area contributed by atoms with Gasteiger partial charge in [0.2, 0.25) is 0 Å². The zero-order valence-corrected chi connectivity index (χ0v) is 15.9. The molecule has 132 valence electrons. The van der Waals surface area contributed by atoms with Gasteiger partial charge in [0, 0.05) is 4.90 Å². The fraction of sp³-hybridized carbons (Fsp3) is 0.409. The average molecular weight is 355 g/mol. The average Bonchev–Trinajstić information content (AvgIpc) is 2.99. The molecule has 0 spiro atoms. The molecule has 0 fully saturated rings. The van der Waals surface area contributed by atoms with E-state index in [-0.39, 0.29) is 11.2 Å². The molecule has 0 saturated carbocycles. The molecule has 3 rings (SSSR count). The molecule has 0 amide bonds. The van der Waals surface area contributed by atoms with Crippen LogP contribution in [0.15, 0.2) is 47.4 Å². The van der Waals surface area contributed by atoms with Crippen LogP contribution in [0.3, 0.4) is 0 Å². The van der Waals surface area contributed by atoms with E-state index in [1.807, 2.05) is 6.92 Å². The Morgan fingerprint density at radius 1 is 1.08 bits per heavy atom. The number of rotatable bonds is 8. The first-order valence-electron chi connectivity index (χ1n) is 9.27. The normalized spacial score (nSPS) is 13.2. The Kier molecular flexibility index (Phi) is 6.19. The molecular weight excluding hydrogens is 328 g/mol. The van der Waals surface area contributed by atoms with Gasteiger partial charge in [-0.3, -0.25) is 4.79 Å². The maximum Gasteiger partial charge on any atom is 0.319 e. The Morgan fingerprint density at radius 2 is 1.88 bits per heavy atom. The topological polar surface area (TPSA) is 26.3 Å². The Bertz CT molecular complexity index is 739. The van der Waals surface area contributed by atoms with Crippen LogP contribution in [0.25, 0.3) is 11.1 Å². The van der Waals surface area contributed by atoms with Gasteiger partial charge in [0.1, 0.15) is 5.25 Å². The number of carbonyl (C=O) groups is 1. The van der Waals surface area contributed by atoms with E-state index in [9.17, 15) is 4.79 Å². The fourth-order valence-corrected chi connectivity index (χ4v) is 4.53. The SMILES string of the molecule is CCCCCC(Sc1ccc2c(c1)Cc1ccccc1-2)C(=O)OCC. The molecule has 0 saturated heterocycles. The van der Waals surface area contributed by atoms with Crippen molar-refractivity contribution in [2.45, 2.75) is 56.1 Å². The summed E-state index contributed by atoms with van der Waals surface area (Å²) in [5.41, 5.74) is 5.43. The van der Waals surface area contributed by atoms with Crippen molar-refractivity contribution in [2.24, 2.45) is 0 Å². The van der Waals surface area contributed by atoms with E-state index in [4.69, 9.17) is 4.74 Å². The minimum atomic E-state index is -0.103. The van der Waals surface area contributed by atoms with Crippen LogP contribution >= 0.6 is 11.8 Å². The second kappa shape index (κ2) is 8.57. The van der Waals surface area contributed by atoms with Crippen LogP contribution in [0.4, 0.5) is 0 Å². The van der Waals surface area contributed by atoms with Crippen molar-refractivity contribution in [3.63, 3.8) is 0 Å². The summed E-state index contributed by atoms with van der Waals surface area (Å²) in [7, 11) is 0. The van der Waals surface area contributed by atoms with Crippen molar-refractivity contribution < 1.29 is 9.53 Å². The highest BCUT2D eigenvalue weighted by Crippen LogP contribution is 2.39. The molecule has 1 unspecified atom stereocenters. The smallest absolute Gasteiger partial charge is 0.319 e. The van der Waals surface area contributed by atoms with Crippen molar-refractivity contribution >= 4 is 17.7 Å². The lowest BCUT2D eigenvalue weighted by atomic mass is 10.1. The van der Waals surface area contributed by atoms with Gasteiger partial charge in [0.25, 0.3) is 0 Å². The molecule has 2 nitrogen and oxygen atoms in total. The van der Waals surface area contributed by atoms with E-state index < -0.39 is 0 Å². The van der Waals surface area contributed by atoms with Gasteiger partial charge >= 0.3 is 5.97 Å². The predicted molar refractivity (Wildman–Crippen MR) is 105 cm³/mol. The molecule has 25 heavy (non-hydrogen) atoms. The Morgan fingerprint density at radius 3 is 2.68 bits per heavy atom. The quantitative estimate of drug-likeness (QED) is 0.288. The summed E-state index contributed by atoms with van der Waals surface area (Å²) in [4.78, 5) is 13.5. The number of ether oxygens (including phenoxy) is 1. The number of thioether (sulfide) groups is 1. The van der Waals surface area contributed by atoms with Crippen LogP contribution < -0.4 is 0 Å². The first-order chi connectivity index (χ1) is 12.2. The van der Waals surface area contributed by atoms with E-state index >= 15 is 0 Å². The largest absolute Gasteiger partial charge is 0.465 e. The molecule has 1 atom stereocenters. The van der Waals surface area contributed by atoms with Crippen molar-refractivity contribution in [1.82, 2.24) is 0 Å². The summed E-state index contributed by atoms with van der Waals surface area (Å²) in [5.74, 6) is -0.0765. The number of carbonyl (C=O) groups excluding carboxylic acids is 1. The van der Waals surface area contributed by atoms with Gasteiger partial charge in [-0.2, -0.15) is 0 Å². The second-order valence-corrected chi connectivity index (χ2v) is 7.78. The number of fused-ring (bicyclic) bond motifs is 3. The molecule has 1 aliphatic rings. The molecule has 2 aromatic carbocycles. The minimum absolute atomic E-state index is 0.0765. The standard InChI is InChI=1S/C22H26O2S/c1-3-5-6-11-21(22(23)24-4-2)25-18-12-13-20-17(15-18)14-16-9-7-8-10-19(16)20/h7-10,12-13,15,21H,3-6,11,14H2,1-2H3. The van der Waals surface area contributed by atoms with E-state index in [2.05, 4.69) is 49.4 Å². The van der Waals surface area contributed by atoms with Crippen LogP contribution in [0.5, 0.6) is 0 Å². The summed E-state index contributed by atoms with van der Waals surface area (Å²) in [6.07, 6.45) is 5.27. The maximum absolute atomic E-state index is 12.3. The molecule has 0 bridgehead atoms. The molecule has 3 heteroatoms. The summed E-state index contributed by atoms with van der Waals surface area (Å²) in [6.45, 7) is 4.51. The second-order valence-electron chi connectivity index (χ2n) is 6.51. The van der Waals surface area contributed by atoms with Crippen LogP contribution in [0.2, 0.25) is 0 Å². The number of hydrogen-bond donors (Lipinski definition) is 0. The lowest BCUT2D eigenvalue weighted by Gasteiger charge is -2.15. The van der Waals surface area contributed by atoms with Crippen LogP contribution in [0, 0.1) is 0 Å². The van der Waals surface area contributed by atoms with Gasteiger partial charge < -0.3 is 4.74 Å². The maximum atomic E-state index is 12.3. The van der Waals surface area contributed by atoms with Crippen LogP contribution in [-0.4, -0.2) is 17.8 Å². The van der Waals surface area contributed by atoms with E-state index in [0.29, 0.717) is 6.61 Å². The molecule has 2 aromatic rings.